The summed E-state index contributed by atoms with van der Waals surface area (Å²) in [6.45, 7) is 3.86. The molecule has 1 amide bonds. The predicted molar refractivity (Wildman–Crippen MR) is 80.3 cm³/mol. The molecule has 0 fully saturated rings. The summed E-state index contributed by atoms with van der Waals surface area (Å²) in [7, 11) is 1.60. The molecule has 0 aliphatic carbocycles. The molecule has 2 N–H and O–H groups in total. The molecule has 5 heteroatoms. The molecular formula is C16H23NO4. The third-order valence-corrected chi connectivity index (χ3v) is 3.14. The van der Waals surface area contributed by atoms with Crippen LogP contribution in [-0.4, -0.2) is 30.1 Å². The van der Waals surface area contributed by atoms with Gasteiger partial charge in [0.1, 0.15) is 11.8 Å². The summed E-state index contributed by atoms with van der Waals surface area (Å²) in [4.78, 5) is 22.9. The maximum absolute atomic E-state index is 11.8. The van der Waals surface area contributed by atoms with Crippen molar-refractivity contribution in [2.75, 3.05) is 7.11 Å². The summed E-state index contributed by atoms with van der Waals surface area (Å²) in [5.41, 5.74) is 1.02. The fraction of sp³-hybridized carbons (Fsp3) is 0.500. The van der Waals surface area contributed by atoms with E-state index in [0.717, 1.165) is 11.3 Å². The minimum Gasteiger partial charge on any atom is -0.497 e. The van der Waals surface area contributed by atoms with Gasteiger partial charge in [-0.1, -0.05) is 26.0 Å². The van der Waals surface area contributed by atoms with Gasteiger partial charge in [-0.25, -0.2) is 4.79 Å². The Morgan fingerprint density at radius 3 is 2.33 bits per heavy atom. The standard InChI is InChI=1S/C16H23NO4/c1-11(2)10-14(16(19)20)17-15(18)9-6-12-4-7-13(21-3)8-5-12/h4-5,7-8,11,14H,6,9-10H2,1-3H3,(H,17,18)(H,19,20)/t14-/m1/s1. The minimum absolute atomic E-state index is 0.216. The first-order chi connectivity index (χ1) is 9.92. The lowest BCUT2D eigenvalue weighted by atomic mass is 10.0. The van der Waals surface area contributed by atoms with Gasteiger partial charge in [-0.3, -0.25) is 4.79 Å². The van der Waals surface area contributed by atoms with Crippen LogP contribution in [0.2, 0.25) is 0 Å². The van der Waals surface area contributed by atoms with Gasteiger partial charge >= 0.3 is 5.97 Å². The van der Waals surface area contributed by atoms with Crippen LogP contribution in [0.5, 0.6) is 5.75 Å². The number of carboxylic acids is 1. The number of carbonyl (C=O) groups excluding carboxylic acids is 1. The Hall–Kier alpha value is -2.04. The Morgan fingerprint density at radius 1 is 1.24 bits per heavy atom. The number of hydrogen-bond acceptors (Lipinski definition) is 3. The number of benzene rings is 1. The average Bonchev–Trinajstić information content (AvgIpc) is 2.44. The largest absolute Gasteiger partial charge is 0.497 e. The van der Waals surface area contributed by atoms with Crippen molar-refractivity contribution in [3.8, 4) is 5.75 Å². The lowest BCUT2D eigenvalue weighted by molar-refractivity contribution is -0.142. The molecule has 0 radical (unpaired) electrons. The number of rotatable bonds is 8. The maximum atomic E-state index is 11.8. The highest BCUT2D eigenvalue weighted by Crippen LogP contribution is 2.12. The molecule has 0 saturated carbocycles. The molecule has 1 aromatic carbocycles. The van der Waals surface area contributed by atoms with Crippen LogP contribution in [0.1, 0.15) is 32.3 Å². The summed E-state index contributed by atoms with van der Waals surface area (Å²) < 4.78 is 5.07. The van der Waals surface area contributed by atoms with Crippen molar-refractivity contribution in [3.05, 3.63) is 29.8 Å². The molecule has 0 aliphatic rings. The first kappa shape index (κ1) is 17.0. The van der Waals surface area contributed by atoms with Crippen molar-refractivity contribution in [2.45, 2.75) is 39.2 Å². The van der Waals surface area contributed by atoms with Crippen molar-refractivity contribution in [1.29, 1.82) is 0 Å². The zero-order valence-electron chi connectivity index (χ0n) is 12.8. The third kappa shape index (κ3) is 6.29. The SMILES string of the molecule is COc1ccc(CCC(=O)N[C@H](CC(C)C)C(=O)O)cc1. The van der Waals surface area contributed by atoms with Gasteiger partial charge in [-0.2, -0.15) is 0 Å². The molecule has 0 bridgehead atoms. The Morgan fingerprint density at radius 2 is 1.86 bits per heavy atom. The van der Waals surface area contributed by atoms with Crippen molar-refractivity contribution >= 4 is 11.9 Å². The van der Waals surface area contributed by atoms with E-state index < -0.39 is 12.0 Å². The van der Waals surface area contributed by atoms with E-state index >= 15 is 0 Å². The predicted octanol–water partition coefficient (Wildman–Crippen LogP) is 2.24. The summed E-state index contributed by atoms with van der Waals surface area (Å²) in [6.07, 6.45) is 1.28. The zero-order chi connectivity index (χ0) is 15.8. The van der Waals surface area contributed by atoms with Gasteiger partial charge in [0.15, 0.2) is 0 Å². The molecule has 0 saturated heterocycles. The number of amides is 1. The highest BCUT2D eigenvalue weighted by molar-refractivity contribution is 5.83. The van der Waals surface area contributed by atoms with E-state index in [-0.39, 0.29) is 18.2 Å². The summed E-state index contributed by atoms with van der Waals surface area (Å²) in [5, 5.41) is 11.7. The van der Waals surface area contributed by atoms with Crippen LogP contribution in [0.4, 0.5) is 0 Å². The van der Waals surface area contributed by atoms with E-state index in [1.165, 1.54) is 0 Å². The first-order valence-electron chi connectivity index (χ1n) is 7.07. The Labute approximate surface area is 125 Å². The van der Waals surface area contributed by atoms with Gasteiger partial charge in [0.05, 0.1) is 7.11 Å². The topological polar surface area (TPSA) is 75.6 Å². The number of carbonyl (C=O) groups is 2. The van der Waals surface area contributed by atoms with Crippen LogP contribution in [0, 0.1) is 5.92 Å². The van der Waals surface area contributed by atoms with Crippen LogP contribution in [0.25, 0.3) is 0 Å². The van der Waals surface area contributed by atoms with Crippen molar-refractivity contribution in [2.24, 2.45) is 5.92 Å². The fourth-order valence-electron chi connectivity index (χ4n) is 2.01. The van der Waals surface area contributed by atoms with Gasteiger partial charge < -0.3 is 15.2 Å². The number of ether oxygens (including phenoxy) is 1. The molecule has 0 unspecified atom stereocenters. The Balaban J connectivity index is 2.46. The first-order valence-corrected chi connectivity index (χ1v) is 7.07. The van der Waals surface area contributed by atoms with Gasteiger partial charge in [0, 0.05) is 6.42 Å². The molecule has 5 nitrogen and oxygen atoms in total. The third-order valence-electron chi connectivity index (χ3n) is 3.14. The zero-order valence-corrected chi connectivity index (χ0v) is 12.8. The van der Waals surface area contributed by atoms with Crippen LogP contribution in [0.15, 0.2) is 24.3 Å². The van der Waals surface area contributed by atoms with Crippen molar-refractivity contribution in [3.63, 3.8) is 0 Å². The number of methoxy groups -OCH3 is 1. The number of aliphatic carboxylic acids is 1. The van der Waals surface area contributed by atoms with E-state index in [1.807, 2.05) is 38.1 Å². The van der Waals surface area contributed by atoms with E-state index in [1.54, 1.807) is 7.11 Å². The molecule has 0 heterocycles. The molecule has 116 valence electrons. The lowest BCUT2D eigenvalue weighted by Crippen LogP contribution is -2.41. The van der Waals surface area contributed by atoms with Gasteiger partial charge in [-0.05, 0) is 36.5 Å². The minimum atomic E-state index is -0.985. The molecule has 0 aromatic heterocycles. The lowest BCUT2D eigenvalue weighted by Gasteiger charge is -2.16. The Kier molecular flexibility index (Phi) is 6.72. The van der Waals surface area contributed by atoms with E-state index in [0.29, 0.717) is 12.8 Å². The molecule has 1 rings (SSSR count). The van der Waals surface area contributed by atoms with Gasteiger partial charge in [-0.15, -0.1) is 0 Å². The second kappa shape index (κ2) is 8.29. The van der Waals surface area contributed by atoms with Crippen LogP contribution < -0.4 is 10.1 Å². The normalized spacial score (nSPS) is 12.0. The second-order valence-corrected chi connectivity index (χ2v) is 5.44. The van der Waals surface area contributed by atoms with Gasteiger partial charge in [0.2, 0.25) is 5.91 Å². The molecular weight excluding hydrogens is 270 g/mol. The van der Waals surface area contributed by atoms with Crippen LogP contribution in [0.3, 0.4) is 0 Å². The number of nitrogens with one attached hydrogen (secondary N) is 1. The smallest absolute Gasteiger partial charge is 0.326 e. The molecule has 0 spiro atoms. The quantitative estimate of drug-likeness (QED) is 0.770. The molecule has 21 heavy (non-hydrogen) atoms. The second-order valence-electron chi connectivity index (χ2n) is 5.44. The summed E-state index contributed by atoms with van der Waals surface area (Å²) in [5.74, 6) is -0.237. The van der Waals surface area contributed by atoms with Crippen molar-refractivity contribution < 1.29 is 19.4 Å². The highest BCUT2D eigenvalue weighted by atomic mass is 16.5. The monoisotopic (exact) mass is 293 g/mol. The number of aryl methyl sites for hydroxylation is 1. The fourth-order valence-corrected chi connectivity index (χ4v) is 2.01. The summed E-state index contributed by atoms with van der Waals surface area (Å²) in [6, 6.07) is 6.66. The van der Waals surface area contributed by atoms with Crippen LogP contribution in [-0.2, 0) is 16.0 Å². The summed E-state index contributed by atoms with van der Waals surface area (Å²) >= 11 is 0. The van der Waals surface area contributed by atoms with E-state index in [9.17, 15) is 9.59 Å². The molecule has 1 atom stereocenters. The van der Waals surface area contributed by atoms with E-state index in [2.05, 4.69) is 5.32 Å². The molecule has 1 aromatic rings. The van der Waals surface area contributed by atoms with Gasteiger partial charge in [0.25, 0.3) is 0 Å². The molecule has 0 aliphatic heterocycles. The van der Waals surface area contributed by atoms with E-state index in [4.69, 9.17) is 9.84 Å². The number of hydrogen-bond donors (Lipinski definition) is 2. The Bertz CT molecular complexity index is 468. The average molecular weight is 293 g/mol. The highest BCUT2D eigenvalue weighted by Gasteiger charge is 2.20. The maximum Gasteiger partial charge on any atom is 0.326 e. The number of carboxylic acid groups (broad SMARTS) is 1. The van der Waals surface area contributed by atoms with Crippen molar-refractivity contribution in [1.82, 2.24) is 5.32 Å². The van der Waals surface area contributed by atoms with Crippen LogP contribution >= 0.6 is 0 Å².